The van der Waals surface area contributed by atoms with Crippen molar-refractivity contribution >= 4 is 5.69 Å². The van der Waals surface area contributed by atoms with E-state index in [1.807, 2.05) is 4.90 Å². The van der Waals surface area contributed by atoms with E-state index in [9.17, 15) is 23.3 Å². The molecule has 1 heterocycles. The van der Waals surface area contributed by atoms with Gasteiger partial charge in [-0.1, -0.05) is 6.07 Å². The number of hydrogen-bond donors (Lipinski definition) is 0. The Labute approximate surface area is 132 Å². The quantitative estimate of drug-likeness (QED) is 0.628. The zero-order valence-corrected chi connectivity index (χ0v) is 13.1. The van der Waals surface area contributed by atoms with Gasteiger partial charge in [0.25, 0.3) is 5.69 Å². The Morgan fingerprint density at radius 3 is 2.30 bits per heavy atom. The van der Waals surface area contributed by atoms with Crippen LogP contribution >= 0.6 is 0 Å². The van der Waals surface area contributed by atoms with Gasteiger partial charge in [-0.3, -0.25) is 19.9 Å². The summed E-state index contributed by atoms with van der Waals surface area (Å²) in [6.45, 7) is 7.33. The largest absolute Gasteiger partial charge is 0.416 e. The van der Waals surface area contributed by atoms with E-state index in [1.54, 1.807) is 0 Å². The zero-order chi connectivity index (χ0) is 17.2. The molecule has 0 atom stereocenters. The number of hydrogen-bond acceptors (Lipinski definition) is 4. The Morgan fingerprint density at radius 1 is 1.22 bits per heavy atom. The van der Waals surface area contributed by atoms with Gasteiger partial charge in [0.2, 0.25) is 0 Å². The Hall–Kier alpha value is -1.67. The number of nitro benzene ring substituents is 1. The molecule has 0 bridgehead atoms. The second kappa shape index (κ2) is 6.84. The van der Waals surface area contributed by atoms with Crippen LogP contribution in [0, 0.1) is 10.1 Å². The second-order valence-corrected chi connectivity index (χ2v) is 6.00. The van der Waals surface area contributed by atoms with Crippen molar-refractivity contribution in [1.29, 1.82) is 0 Å². The van der Waals surface area contributed by atoms with Crippen molar-refractivity contribution in [2.75, 3.05) is 26.2 Å². The maximum Gasteiger partial charge on any atom is 0.416 e. The first-order valence-corrected chi connectivity index (χ1v) is 7.49. The maximum atomic E-state index is 13.2. The van der Waals surface area contributed by atoms with Gasteiger partial charge in [0.05, 0.1) is 10.5 Å². The molecule has 0 N–H and O–H groups in total. The molecule has 0 amide bonds. The molecule has 1 fully saturated rings. The number of alkyl halides is 3. The van der Waals surface area contributed by atoms with Crippen LogP contribution in [0.25, 0.3) is 0 Å². The molecule has 5 nitrogen and oxygen atoms in total. The summed E-state index contributed by atoms with van der Waals surface area (Å²) >= 11 is 0. The summed E-state index contributed by atoms with van der Waals surface area (Å²) in [7, 11) is 0. The van der Waals surface area contributed by atoms with Crippen LogP contribution < -0.4 is 0 Å². The molecule has 0 spiro atoms. The lowest BCUT2D eigenvalue weighted by molar-refractivity contribution is -0.385. The Balaban J connectivity index is 2.15. The maximum absolute atomic E-state index is 13.2. The van der Waals surface area contributed by atoms with Crippen LogP contribution in [0.1, 0.15) is 25.0 Å². The standard InChI is InChI=1S/C15H20F3N3O2/c1-11(2)20-7-5-19(6-8-20)10-12-3-4-13(21(22)23)9-14(12)15(16,17)18/h3-4,9,11H,5-8,10H2,1-2H3. The highest BCUT2D eigenvalue weighted by Gasteiger charge is 2.35. The molecule has 23 heavy (non-hydrogen) atoms. The van der Waals surface area contributed by atoms with Gasteiger partial charge in [-0.2, -0.15) is 13.2 Å². The van der Waals surface area contributed by atoms with Crippen LogP contribution in [-0.4, -0.2) is 46.9 Å². The fraction of sp³-hybridized carbons (Fsp3) is 0.600. The first-order chi connectivity index (χ1) is 10.7. The van der Waals surface area contributed by atoms with Crippen molar-refractivity contribution in [2.45, 2.75) is 32.6 Å². The minimum atomic E-state index is -4.60. The summed E-state index contributed by atoms with van der Waals surface area (Å²) in [4.78, 5) is 14.1. The summed E-state index contributed by atoms with van der Waals surface area (Å²) in [5.41, 5.74) is -1.37. The van der Waals surface area contributed by atoms with E-state index >= 15 is 0 Å². The molecule has 0 saturated carbocycles. The van der Waals surface area contributed by atoms with Crippen molar-refractivity contribution in [3.63, 3.8) is 0 Å². The number of rotatable bonds is 4. The average Bonchev–Trinajstić information content (AvgIpc) is 2.46. The molecular formula is C15H20F3N3O2. The minimum absolute atomic E-state index is 0.0843. The molecule has 0 aromatic heterocycles. The average molecular weight is 331 g/mol. The third-order valence-corrected chi connectivity index (χ3v) is 4.14. The van der Waals surface area contributed by atoms with Crippen molar-refractivity contribution in [2.24, 2.45) is 0 Å². The number of non-ortho nitro benzene ring substituents is 1. The first kappa shape index (κ1) is 17.7. The van der Waals surface area contributed by atoms with Gasteiger partial charge < -0.3 is 0 Å². The van der Waals surface area contributed by atoms with E-state index in [0.29, 0.717) is 25.2 Å². The summed E-state index contributed by atoms with van der Waals surface area (Å²) in [6, 6.07) is 3.40. The predicted molar refractivity (Wildman–Crippen MR) is 80.1 cm³/mol. The van der Waals surface area contributed by atoms with E-state index in [4.69, 9.17) is 0 Å². The molecule has 1 aromatic rings. The van der Waals surface area contributed by atoms with Crippen LogP contribution in [-0.2, 0) is 12.7 Å². The van der Waals surface area contributed by atoms with Crippen LogP contribution in [0.3, 0.4) is 0 Å². The normalized spacial score (nSPS) is 17.7. The van der Waals surface area contributed by atoms with Crippen molar-refractivity contribution in [3.8, 4) is 0 Å². The van der Waals surface area contributed by atoms with Gasteiger partial charge in [0.1, 0.15) is 0 Å². The zero-order valence-electron chi connectivity index (χ0n) is 13.1. The lowest BCUT2D eigenvalue weighted by Gasteiger charge is -2.37. The summed E-state index contributed by atoms with van der Waals surface area (Å²) in [5.74, 6) is 0. The molecule has 1 aliphatic rings. The molecule has 0 radical (unpaired) electrons. The van der Waals surface area contributed by atoms with Crippen molar-refractivity contribution in [1.82, 2.24) is 9.80 Å². The Morgan fingerprint density at radius 2 is 1.83 bits per heavy atom. The van der Waals surface area contributed by atoms with E-state index in [-0.39, 0.29) is 12.1 Å². The first-order valence-electron chi connectivity index (χ1n) is 7.49. The lowest BCUT2D eigenvalue weighted by Crippen LogP contribution is -2.48. The third-order valence-electron chi connectivity index (χ3n) is 4.14. The summed E-state index contributed by atoms with van der Waals surface area (Å²) in [5, 5.41) is 10.7. The minimum Gasteiger partial charge on any atom is -0.298 e. The van der Waals surface area contributed by atoms with Crippen molar-refractivity contribution in [3.05, 3.63) is 39.4 Å². The molecule has 128 valence electrons. The monoisotopic (exact) mass is 331 g/mol. The van der Waals surface area contributed by atoms with Gasteiger partial charge >= 0.3 is 6.18 Å². The van der Waals surface area contributed by atoms with E-state index in [2.05, 4.69) is 18.7 Å². The molecule has 0 unspecified atom stereocenters. The SMILES string of the molecule is CC(C)N1CCN(Cc2ccc([N+](=O)[O-])cc2C(F)(F)F)CC1. The fourth-order valence-corrected chi connectivity index (χ4v) is 2.76. The smallest absolute Gasteiger partial charge is 0.298 e. The Bertz CT molecular complexity index is 568. The predicted octanol–water partition coefficient (Wildman–Crippen LogP) is 3.14. The molecule has 1 saturated heterocycles. The molecular weight excluding hydrogens is 311 g/mol. The highest BCUT2D eigenvalue weighted by molar-refractivity contribution is 5.41. The van der Waals surface area contributed by atoms with Gasteiger partial charge in [0.15, 0.2) is 0 Å². The number of nitrogens with zero attached hydrogens (tertiary/aromatic N) is 3. The van der Waals surface area contributed by atoms with Gasteiger partial charge in [-0.15, -0.1) is 0 Å². The van der Waals surface area contributed by atoms with Crippen LogP contribution in [0.15, 0.2) is 18.2 Å². The van der Waals surface area contributed by atoms with Gasteiger partial charge in [-0.25, -0.2) is 0 Å². The molecule has 2 rings (SSSR count). The lowest BCUT2D eigenvalue weighted by atomic mass is 10.0. The molecule has 1 aromatic carbocycles. The van der Waals surface area contributed by atoms with E-state index < -0.39 is 22.4 Å². The van der Waals surface area contributed by atoms with Gasteiger partial charge in [0, 0.05) is 50.9 Å². The fourth-order valence-electron chi connectivity index (χ4n) is 2.76. The number of halogens is 3. The summed E-state index contributed by atoms with van der Waals surface area (Å²) in [6.07, 6.45) is -4.60. The topological polar surface area (TPSA) is 49.6 Å². The van der Waals surface area contributed by atoms with Crippen LogP contribution in [0.2, 0.25) is 0 Å². The van der Waals surface area contributed by atoms with Crippen LogP contribution in [0.5, 0.6) is 0 Å². The van der Waals surface area contributed by atoms with E-state index in [1.165, 1.54) is 6.07 Å². The molecule has 1 aliphatic heterocycles. The second-order valence-electron chi connectivity index (χ2n) is 6.00. The number of benzene rings is 1. The molecule has 8 heteroatoms. The van der Waals surface area contributed by atoms with Gasteiger partial charge in [-0.05, 0) is 19.4 Å². The number of nitro groups is 1. The van der Waals surface area contributed by atoms with E-state index in [0.717, 1.165) is 19.2 Å². The van der Waals surface area contributed by atoms with Crippen molar-refractivity contribution < 1.29 is 18.1 Å². The molecule has 0 aliphatic carbocycles. The number of piperazine rings is 1. The Kier molecular flexibility index (Phi) is 5.26. The van der Waals surface area contributed by atoms with Crippen LogP contribution in [0.4, 0.5) is 18.9 Å². The highest BCUT2D eigenvalue weighted by atomic mass is 19.4. The highest BCUT2D eigenvalue weighted by Crippen LogP contribution is 2.35. The third kappa shape index (κ3) is 4.42. The summed E-state index contributed by atoms with van der Waals surface area (Å²) < 4.78 is 39.5.